The predicted octanol–water partition coefficient (Wildman–Crippen LogP) is 2.37. The van der Waals surface area contributed by atoms with Crippen molar-refractivity contribution >= 4 is 38.3 Å². The Morgan fingerprint density at radius 1 is 0.902 bits per heavy atom. The smallest absolute Gasteiger partial charge is 0.254 e. The Morgan fingerprint density at radius 2 is 1.56 bits per heavy atom. The standard InChI is InChI=1S/C29H28N4O7S/c30-21-8-10-22(11-9-21)41(39,40)33-13-12-32(29(38)20-14-25(34)27(36)26(35)15-20)17-24(33)28(37)31-16-19-6-3-5-18-4-1-2-7-23(18)19/h1-11,14-15,24,34-36H,12-13,16-17,30H2,(H,31,37). The number of carbonyl (C=O) groups excluding carboxylic acids is 2. The molecular weight excluding hydrogens is 548 g/mol. The Labute approximate surface area is 236 Å². The van der Waals surface area contributed by atoms with E-state index < -0.39 is 45.1 Å². The largest absolute Gasteiger partial charge is 0.504 e. The van der Waals surface area contributed by atoms with Gasteiger partial charge in [-0.05, 0) is 52.7 Å². The van der Waals surface area contributed by atoms with Crippen LogP contribution in [0.2, 0.25) is 0 Å². The van der Waals surface area contributed by atoms with Crippen LogP contribution >= 0.6 is 0 Å². The minimum atomic E-state index is -4.16. The number of anilines is 1. The molecular formula is C29H28N4O7S. The third-order valence-electron chi connectivity index (χ3n) is 7.06. The molecule has 5 rings (SSSR count). The van der Waals surface area contributed by atoms with Crippen molar-refractivity contribution in [2.75, 3.05) is 25.4 Å². The van der Waals surface area contributed by atoms with Gasteiger partial charge in [-0.1, -0.05) is 42.5 Å². The first-order valence-corrected chi connectivity index (χ1v) is 14.2. The molecule has 12 heteroatoms. The van der Waals surface area contributed by atoms with Gasteiger partial charge in [0.05, 0.1) is 4.90 Å². The first-order chi connectivity index (χ1) is 19.6. The maximum Gasteiger partial charge on any atom is 0.254 e. The molecule has 0 aromatic heterocycles. The van der Waals surface area contributed by atoms with Gasteiger partial charge in [0.1, 0.15) is 6.04 Å². The molecule has 212 valence electrons. The number of aromatic hydroxyl groups is 3. The van der Waals surface area contributed by atoms with Crippen molar-refractivity contribution in [3.8, 4) is 17.2 Å². The number of carbonyl (C=O) groups is 2. The first-order valence-electron chi connectivity index (χ1n) is 12.7. The number of fused-ring (bicyclic) bond motifs is 1. The molecule has 0 radical (unpaired) electrons. The van der Waals surface area contributed by atoms with Crippen LogP contribution in [0.1, 0.15) is 15.9 Å². The van der Waals surface area contributed by atoms with Gasteiger partial charge in [0.15, 0.2) is 17.2 Å². The van der Waals surface area contributed by atoms with Gasteiger partial charge < -0.3 is 31.3 Å². The SMILES string of the molecule is Nc1ccc(S(=O)(=O)N2CCN(C(=O)c3cc(O)c(O)c(O)c3)CC2C(=O)NCc2cccc3ccccc23)cc1. The molecule has 4 aromatic carbocycles. The third-order valence-corrected chi connectivity index (χ3v) is 8.98. The quantitative estimate of drug-likeness (QED) is 0.172. The zero-order chi connectivity index (χ0) is 29.3. The van der Waals surface area contributed by atoms with Crippen LogP contribution < -0.4 is 11.1 Å². The summed E-state index contributed by atoms with van der Waals surface area (Å²) in [4.78, 5) is 28.1. The molecule has 0 bridgehead atoms. The van der Waals surface area contributed by atoms with E-state index >= 15 is 0 Å². The number of hydrogen-bond acceptors (Lipinski definition) is 8. The molecule has 1 atom stereocenters. The highest BCUT2D eigenvalue weighted by Crippen LogP contribution is 2.36. The normalized spacial score (nSPS) is 16.0. The van der Waals surface area contributed by atoms with E-state index in [1.165, 1.54) is 29.2 Å². The second-order valence-electron chi connectivity index (χ2n) is 9.67. The van der Waals surface area contributed by atoms with E-state index in [-0.39, 0.29) is 36.6 Å². The Bertz CT molecular complexity index is 1710. The van der Waals surface area contributed by atoms with Crippen LogP contribution in [0.25, 0.3) is 10.8 Å². The molecule has 0 saturated carbocycles. The molecule has 0 aliphatic carbocycles. The summed E-state index contributed by atoms with van der Waals surface area (Å²) in [5.74, 6) is -3.42. The Hall–Kier alpha value is -4.81. The summed E-state index contributed by atoms with van der Waals surface area (Å²) in [6.07, 6.45) is 0. The van der Waals surface area contributed by atoms with Crippen molar-refractivity contribution in [2.24, 2.45) is 0 Å². The Morgan fingerprint density at radius 3 is 2.27 bits per heavy atom. The van der Waals surface area contributed by atoms with E-state index in [2.05, 4.69) is 5.32 Å². The highest BCUT2D eigenvalue weighted by molar-refractivity contribution is 7.89. The number of phenols is 3. The minimum Gasteiger partial charge on any atom is -0.504 e. The second kappa shape index (κ2) is 11.0. The monoisotopic (exact) mass is 576 g/mol. The lowest BCUT2D eigenvalue weighted by atomic mass is 10.0. The van der Waals surface area contributed by atoms with E-state index in [4.69, 9.17) is 5.73 Å². The van der Waals surface area contributed by atoms with Crippen LogP contribution in [0.4, 0.5) is 5.69 Å². The van der Waals surface area contributed by atoms with Crippen molar-refractivity contribution < 1.29 is 33.3 Å². The van der Waals surface area contributed by atoms with E-state index in [0.29, 0.717) is 5.69 Å². The summed E-state index contributed by atoms with van der Waals surface area (Å²) in [5.41, 5.74) is 6.81. The summed E-state index contributed by atoms with van der Waals surface area (Å²) >= 11 is 0. The van der Waals surface area contributed by atoms with Gasteiger partial charge in [0.2, 0.25) is 15.9 Å². The Kier molecular flexibility index (Phi) is 7.43. The molecule has 1 unspecified atom stereocenters. The first kappa shape index (κ1) is 27.7. The van der Waals surface area contributed by atoms with Gasteiger partial charge in [-0.15, -0.1) is 0 Å². The fourth-order valence-corrected chi connectivity index (χ4v) is 6.45. The molecule has 0 spiro atoms. The molecule has 1 fully saturated rings. The fraction of sp³-hybridized carbons (Fsp3) is 0.172. The molecule has 1 heterocycles. The lowest BCUT2D eigenvalue weighted by Gasteiger charge is -2.39. The predicted molar refractivity (Wildman–Crippen MR) is 152 cm³/mol. The van der Waals surface area contributed by atoms with Crippen molar-refractivity contribution in [2.45, 2.75) is 17.5 Å². The van der Waals surface area contributed by atoms with Gasteiger partial charge >= 0.3 is 0 Å². The zero-order valence-electron chi connectivity index (χ0n) is 21.8. The molecule has 41 heavy (non-hydrogen) atoms. The number of amides is 2. The van der Waals surface area contributed by atoms with Gasteiger partial charge in [-0.25, -0.2) is 8.42 Å². The van der Waals surface area contributed by atoms with Crippen LogP contribution in [-0.4, -0.2) is 70.4 Å². The van der Waals surface area contributed by atoms with Crippen LogP contribution in [0.3, 0.4) is 0 Å². The summed E-state index contributed by atoms with van der Waals surface area (Å²) < 4.78 is 28.3. The number of phenolic OH excluding ortho intramolecular Hbond substituents is 3. The van der Waals surface area contributed by atoms with Gasteiger partial charge in [-0.2, -0.15) is 4.31 Å². The number of rotatable bonds is 6. The van der Waals surface area contributed by atoms with E-state index in [1.807, 2.05) is 42.5 Å². The molecule has 11 nitrogen and oxygen atoms in total. The average Bonchev–Trinajstić information content (AvgIpc) is 2.97. The number of hydrogen-bond donors (Lipinski definition) is 5. The summed E-state index contributed by atoms with van der Waals surface area (Å²) in [6.45, 7) is -0.430. The van der Waals surface area contributed by atoms with Crippen LogP contribution in [0.5, 0.6) is 17.2 Å². The molecule has 4 aromatic rings. The third kappa shape index (κ3) is 5.47. The van der Waals surface area contributed by atoms with Crippen molar-refractivity contribution in [3.63, 3.8) is 0 Å². The minimum absolute atomic E-state index is 0.0493. The van der Waals surface area contributed by atoms with Crippen LogP contribution in [0.15, 0.2) is 83.8 Å². The number of piperazine rings is 1. The maximum atomic E-state index is 13.6. The fourth-order valence-electron chi connectivity index (χ4n) is 4.88. The number of nitrogens with one attached hydrogen (secondary N) is 1. The number of nitrogen functional groups attached to an aromatic ring is 1. The number of benzene rings is 4. The summed E-state index contributed by atoms with van der Waals surface area (Å²) in [5, 5.41) is 34.2. The molecule has 1 aliphatic rings. The molecule has 2 amide bonds. The highest BCUT2D eigenvalue weighted by atomic mass is 32.2. The van der Waals surface area contributed by atoms with Crippen molar-refractivity contribution in [3.05, 3.63) is 90.0 Å². The molecule has 1 aliphatic heterocycles. The van der Waals surface area contributed by atoms with E-state index in [0.717, 1.165) is 32.8 Å². The summed E-state index contributed by atoms with van der Waals surface area (Å²) in [6, 6.07) is 19.7. The Balaban J connectivity index is 1.44. The number of sulfonamides is 1. The van der Waals surface area contributed by atoms with Gasteiger partial charge in [-0.3, -0.25) is 9.59 Å². The van der Waals surface area contributed by atoms with Crippen LogP contribution in [-0.2, 0) is 21.4 Å². The molecule has 1 saturated heterocycles. The van der Waals surface area contributed by atoms with E-state index in [9.17, 15) is 33.3 Å². The van der Waals surface area contributed by atoms with Crippen molar-refractivity contribution in [1.82, 2.24) is 14.5 Å². The van der Waals surface area contributed by atoms with Crippen molar-refractivity contribution in [1.29, 1.82) is 0 Å². The molecule has 6 N–H and O–H groups in total. The summed E-state index contributed by atoms with van der Waals surface area (Å²) in [7, 11) is -4.16. The van der Waals surface area contributed by atoms with E-state index in [1.54, 1.807) is 0 Å². The number of nitrogens with zero attached hydrogens (tertiary/aromatic N) is 2. The zero-order valence-corrected chi connectivity index (χ0v) is 22.6. The second-order valence-corrected chi connectivity index (χ2v) is 11.6. The highest BCUT2D eigenvalue weighted by Gasteiger charge is 2.41. The maximum absolute atomic E-state index is 13.6. The van der Waals surface area contributed by atoms with Crippen LogP contribution in [0, 0.1) is 0 Å². The lowest BCUT2D eigenvalue weighted by Crippen LogP contribution is -2.61. The topological polar surface area (TPSA) is 174 Å². The average molecular weight is 577 g/mol. The number of nitrogens with two attached hydrogens (primary N) is 1. The lowest BCUT2D eigenvalue weighted by molar-refractivity contribution is -0.126. The van der Waals surface area contributed by atoms with Gasteiger partial charge in [0, 0.05) is 37.4 Å². The van der Waals surface area contributed by atoms with Gasteiger partial charge in [0.25, 0.3) is 5.91 Å².